The zero-order chi connectivity index (χ0) is 22.8. The maximum atomic E-state index is 13.2. The van der Waals surface area contributed by atoms with E-state index < -0.39 is 0 Å². The molecule has 0 bridgehead atoms. The van der Waals surface area contributed by atoms with Crippen molar-refractivity contribution in [3.8, 4) is 5.69 Å². The molecule has 0 saturated carbocycles. The van der Waals surface area contributed by atoms with E-state index in [0.717, 1.165) is 33.7 Å². The first-order chi connectivity index (χ1) is 15.4. The molecule has 4 aromatic rings. The number of carbonyl (C=O) groups excluding carboxylic acids is 1. The maximum Gasteiger partial charge on any atom is 0.281 e. The highest BCUT2D eigenvalue weighted by Gasteiger charge is 2.17. The number of para-hydroxylation sites is 1. The molecule has 0 aliphatic heterocycles. The van der Waals surface area contributed by atoms with Crippen LogP contribution in [0.15, 0.2) is 59.5 Å². The van der Waals surface area contributed by atoms with Gasteiger partial charge in [-0.3, -0.25) is 9.59 Å². The molecule has 0 unspecified atom stereocenters. The standard InChI is InChI=1S/C26H28N4O2/c1-17-12-13-23(18(2)15-17)28-24(31)11-8-14-29-19(3)22-16-27-30(21-9-6-5-7-10-21)26(32)25(22)20(29)4/h5-7,9-10,12-13,15-16H,8,11,14H2,1-4H3,(H,28,31). The molecule has 0 aliphatic carbocycles. The average Bonchev–Trinajstić information content (AvgIpc) is 3.02. The lowest BCUT2D eigenvalue weighted by molar-refractivity contribution is -0.116. The van der Waals surface area contributed by atoms with Gasteiger partial charge in [0.15, 0.2) is 0 Å². The second kappa shape index (κ2) is 8.83. The van der Waals surface area contributed by atoms with Crippen LogP contribution < -0.4 is 10.9 Å². The lowest BCUT2D eigenvalue weighted by Gasteiger charge is -2.11. The van der Waals surface area contributed by atoms with Gasteiger partial charge in [-0.05, 0) is 57.9 Å². The van der Waals surface area contributed by atoms with Gasteiger partial charge in [0.25, 0.3) is 5.56 Å². The van der Waals surface area contributed by atoms with Crippen molar-refractivity contribution >= 4 is 22.4 Å². The molecule has 0 fully saturated rings. The van der Waals surface area contributed by atoms with Gasteiger partial charge in [-0.2, -0.15) is 9.78 Å². The van der Waals surface area contributed by atoms with E-state index in [2.05, 4.69) is 21.0 Å². The first-order valence-corrected chi connectivity index (χ1v) is 10.9. The van der Waals surface area contributed by atoms with Crippen LogP contribution in [0.3, 0.4) is 0 Å². The number of amides is 1. The lowest BCUT2D eigenvalue weighted by Crippen LogP contribution is -2.21. The Hall–Kier alpha value is -3.67. The molecule has 164 valence electrons. The van der Waals surface area contributed by atoms with Crippen LogP contribution in [0.1, 0.15) is 35.4 Å². The van der Waals surface area contributed by atoms with Crippen molar-refractivity contribution < 1.29 is 4.79 Å². The van der Waals surface area contributed by atoms with Crippen LogP contribution >= 0.6 is 0 Å². The van der Waals surface area contributed by atoms with E-state index in [4.69, 9.17) is 0 Å². The largest absolute Gasteiger partial charge is 0.348 e. The van der Waals surface area contributed by atoms with Crippen LogP contribution in [0.25, 0.3) is 16.5 Å². The number of anilines is 1. The summed E-state index contributed by atoms with van der Waals surface area (Å²) in [7, 11) is 0. The summed E-state index contributed by atoms with van der Waals surface area (Å²) in [5.41, 5.74) is 5.61. The van der Waals surface area contributed by atoms with Crippen LogP contribution in [-0.4, -0.2) is 20.3 Å². The van der Waals surface area contributed by atoms with Crippen molar-refractivity contribution in [3.63, 3.8) is 0 Å². The fourth-order valence-electron chi connectivity index (χ4n) is 4.26. The molecule has 0 saturated heterocycles. The topological polar surface area (TPSA) is 68.9 Å². The van der Waals surface area contributed by atoms with Crippen molar-refractivity contribution in [2.45, 2.75) is 47.1 Å². The summed E-state index contributed by atoms with van der Waals surface area (Å²) in [4.78, 5) is 25.6. The third-order valence-corrected chi connectivity index (χ3v) is 5.98. The van der Waals surface area contributed by atoms with Crippen LogP contribution in [0, 0.1) is 27.7 Å². The van der Waals surface area contributed by atoms with Gasteiger partial charge in [-0.15, -0.1) is 0 Å². The van der Waals surface area contributed by atoms with Gasteiger partial charge in [0.2, 0.25) is 5.91 Å². The van der Waals surface area contributed by atoms with Gasteiger partial charge in [0, 0.05) is 35.4 Å². The second-order valence-electron chi connectivity index (χ2n) is 8.28. The Morgan fingerprint density at radius 2 is 1.75 bits per heavy atom. The van der Waals surface area contributed by atoms with E-state index in [-0.39, 0.29) is 11.5 Å². The van der Waals surface area contributed by atoms with Crippen LogP contribution in [-0.2, 0) is 11.3 Å². The number of fused-ring (bicyclic) bond motifs is 1. The smallest absolute Gasteiger partial charge is 0.281 e. The molecule has 0 radical (unpaired) electrons. The predicted octanol–water partition coefficient (Wildman–Crippen LogP) is 4.84. The fraction of sp³-hybridized carbons (Fsp3) is 0.269. The zero-order valence-electron chi connectivity index (χ0n) is 19.0. The molecule has 4 rings (SSSR count). The quantitative estimate of drug-likeness (QED) is 0.478. The van der Waals surface area contributed by atoms with Crippen LogP contribution in [0.4, 0.5) is 5.69 Å². The minimum absolute atomic E-state index is 0.00271. The summed E-state index contributed by atoms with van der Waals surface area (Å²) in [5, 5.41) is 8.93. The highest BCUT2D eigenvalue weighted by Crippen LogP contribution is 2.23. The molecular formula is C26H28N4O2. The van der Waals surface area contributed by atoms with E-state index >= 15 is 0 Å². The number of nitrogens with zero attached hydrogens (tertiary/aromatic N) is 3. The molecule has 1 N–H and O–H groups in total. The molecule has 2 heterocycles. The van der Waals surface area contributed by atoms with Crippen molar-refractivity contribution in [1.82, 2.24) is 14.3 Å². The molecule has 1 amide bonds. The van der Waals surface area contributed by atoms with E-state index in [1.807, 2.05) is 70.2 Å². The minimum Gasteiger partial charge on any atom is -0.348 e. The SMILES string of the molecule is Cc1ccc(NC(=O)CCCn2c(C)c3cnn(-c4ccccc4)c(=O)c3c2C)c(C)c1. The monoisotopic (exact) mass is 428 g/mol. The van der Waals surface area contributed by atoms with Crippen molar-refractivity contribution in [2.75, 3.05) is 5.32 Å². The summed E-state index contributed by atoms with van der Waals surface area (Å²) in [6, 6.07) is 15.4. The van der Waals surface area contributed by atoms with E-state index in [0.29, 0.717) is 24.8 Å². The normalized spacial score (nSPS) is 11.1. The number of aromatic nitrogens is 3. The summed E-state index contributed by atoms with van der Waals surface area (Å²) in [5.74, 6) is -0.00271. The number of aryl methyl sites for hydroxylation is 4. The number of rotatable bonds is 6. The van der Waals surface area contributed by atoms with E-state index in [1.54, 1.807) is 6.20 Å². The lowest BCUT2D eigenvalue weighted by atomic mass is 10.1. The van der Waals surface area contributed by atoms with Gasteiger partial charge < -0.3 is 9.88 Å². The molecule has 0 atom stereocenters. The highest BCUT2D eigenvalue weighted by atomic mass is 16.1. The molecular weight excluding hydrogens is 400 g/mol. The van der Waals surface area contributed by atoms with Gasteiger partial charge in [0.05, 0.1) is 17.3 Å². The van der Waals surface area contributed by atoms with Gasteiger partial charge in [-0.1, -0.05) is 35.9 Å². The van der Waals surface area contributed by atoms with Crippen molar-refractivity contribution in [3.05, 3.63) is 87.6 Å². The Labute approximate surface area is 187 Å². The molecule has 0 aliphatic rings. The molecule has 32 heavy (non-hydrogen) atoms. The number of nitrogens with one attached hydrogen (secondary N) is 1. The molecule has 0 spiro atoms. The fourth-order valence-corrected chi connectivity index (χ4v) is 4.26. The average molecular weight is 429 g/mol. The van der Waals surface area contributed by atoms with Gasteiger partial charge in [0.1, 0.15) is 0 Å². The Kier molecular flexibility index (Phi) is 5.95. The number of hydrogen-bond acceptors (Lipinski definition) is 3. The highest BCUT2D eigenvalue weighted by molar-refractivity contribution is 5.91. The minimum atomic E-state index is -0.124. The number of hydrogen-bond donors (Lipinski definition) is 1. The summed E-state index contributed by atoms with van der Waals surface area (Å²) in [6.45, 7) is 8.66. The molecule has 6 nitrogen and oxygen atoms in total. The molecule has 6 heteroatoms. The Morgan fingerprint density at radius 3 is 2.47 bits per heavy atom. The molecule has 2 aromatic heterocycles. The number of benzene rings is 2. The summed E-state index contributed by atoms with van der Waals surface area (Å²) >= 11 is 0. The first-order valence-electron chi connectivity index (χ1n) is 10.9. The second-order valence-corrected chi connectivity index (χ2v) is 8.28. The Morgan fingerprint density at radius 1 is 1.00 bits per heavy atom. The number of carbonyl (C=O) groups is 1. The van der Waals surface area contributed by atoms with Crippen LogP contribution in [0.5, 0.6) is 0 Å². The van der Waals surface area contributed by atoms with Crippen LogP contribution in [0.2, 0.25) is 0 Å². The maximum absolute atomic E-state index is 13.2. The van der Waals surface area contributed by atoms with Gasteiger partial charge >= 0.3 is 0 Å². The van der Waals surface area contributed by atoms with E-state index in [1.165, 1.54) is 10.2 Å². The van der Waals surface area contributed by atoms with E-state index in [9.17, 15) is 9.59 Å². The zero-order valence-corrected chi connectivity index (χ0v) is 19.0. The third kappa shape index (κ3) is 4.08. The van der Waals surface area contributed by atoms with Crippen molar-refractivity contribution in [2.24, 2.45) is 0 Å². The Bertz CT molecular complexity index is 1350. The molecule has 2 aromatic carbocycles. The first kappa shape index (κ1) is 21.6. The van der Waals surface area contributed by atoms with Gasteiger partial charge in [-0.25, -0.2) is 0 Å². The summed E-state index contributed by atoms with van der Waals surface area (Å²) < 4.78 is 3.56. The van der Waals surface area contributed by atoms with Crippen molar-refractivity contribution in [1.29, 1.82) is 0 Å². The third-order valence-electron chi connectivity index (χ3n) is 5.98. The Balaban J connectivity index is 1.51. The summed E-state index contributed by atoms with van der Waals surface area (Å²) in [6.07, 6.45) is 2.85. The predicted molar refractivity (Wildman–Crippen MR) is 129 cm³/mol.